The summed E-state index contributed by atoms with van der Waals surface area (Å²) in [6, 6.07) is 13.0. The van der Waals surface area contributed by atoms with Crippen molar-refractivity contribution in [3.8, 4) is 5.75 Å². The molecule has 26 heavy (non-hydrogen) atoms. The maximum atomic E-state index is 12.6. The zero-order valence-electron chi connectivity index (χ0n) is 14.4. The number of pyridine rings is 1. The Morgan fingerprint density at radius 1 is 0.962 bits per heavy atom. The summed E-state index contributed by atoms with van der Waals surface area (Å²) in [5, 5.41) is 0.978. The fourth-order valence-corrected chi connectivity index (χ4v) is 2.61. The molecule has 0 aliphatic rings. The number of carbonyl (C=O) groups is 2. The molecular formula is C20H17NO5. The van der Waals surface area contributed by atoms with E-state index in [1.165, 1.54) is 35.0 Å². The highest BCUT2D eigenvalue weighted by Crippen LogP contribution is 2.19. The van der Waals surface area contributed by atoms with Gasteiger partial charge in [0.25, 0.3) is 5.56 Å². The number of fused-ring (bicyclic) bond motifs is 1. The van der Waals surface area contributed by atoms with Gasteiger partial charge in [-0.05, 0) is 37.3 Å². The van der Waals surface area contributed by atoms with Crippen LogP contribution in [0.3, 0.4) is 0 Å². The number of hydrogen-bond donors (Lipinski definition) is 0. The van der Waals surface area contributed by atoms with Gasteiger partial charge in [0.15, 0.2) is 0 Å². The lowest BCUT2D eigenvalue weighted by molar-refractivity contribution is 0.0526. The second-order valence-electron chi connectivity index (χ2n) is 5.64. The van der Waals surface area contributed by atoms with Gasteiger partial charge in [-0.25, -0.2) is 9.59 Å². The standard InChI is InChI=1S/C20H17NO5/c1-3-25-19(23)13-8-10-14(11-9-13)26-20(24)17-12-21(2)18(22)16-7-5-4-6-15(16)17/h4-12H,3H2,1-2H3. The van der Waals surface area contributed by atoms with E-state index in [1.54, 1.807) is 38.2 Å². The summed E-state index contributed by atoms with van der Waals surface area (Å²) in [4.78, 5) is 36.4. The molecule has 0 fully saturated rings. The number of rotatable bonds is 4. The number of esters is 2. The molecule has 6 nitrogen and oxygen atoms in total. The van der Waals surface area contributed by atoms with Crippen molar-refractivity contribution >= 4 is 22.7 Å². The van der Waals surface area contributed by atoms with Crippen molar-refractivity contribution in [3.63, 3.8) is 0 Å². The fraction of sp³-hybridized carbons (Fsp3) is 0.150. The fourth-order valence-electron chi connectivity index (χ4n) is 2.61. The molecule has 0 saturated heterocycles. The smallest absolute Gasteiger partial charge is 0.345 e. The van der Waals surface area contributed by atoms with Crippen LogP contribution in [0.15, 0.2) is 59.5 Å². The number of nitrogens with zero attached hydrogens (tertiary/aromatic N) is 1. The minimum atomic E-state index is -0.583. The van der Waals surface area contributed by atoms with E-state index in [0.717, 1.165) is 0 Å². The van der Waals surface area contributed by atoms with Gasteiger partial charge in [0, 0.05) is 24.0 Å². The first kappa shape index (κ1) is 17.4. The maximum absolute atomic E-state index is 12.6. The van der Waals surface area contributed by atoms with Crippen LogP contribution in [0.5, 0.6) is 5.75 Å². The molecule has 0 N–H and O–H groups in total. The summed E-state index contributed by atoms with van der Waals surface area (Å²) in [6.07, 6.45) is 1.46. The van der Waals surface area contributed by atoms with Crippen LogP contribution < -0.4 is 10.3 Å². The second kappa shape index (κ2) is 7.23. The Balaban J connectivity index is 1.89. The molecule has 2 aromatic carbocycles. The highest BCUT2D eigenvalue weighted by molar-refractivity contribution is 6.04. The van der Waals surface area contributed by atoms with Gasteiger partial charge in [-0.3, -0.25) is 4.79 Å². The zero-order chi connectivity index (χ0) is 18.7. The van der Waals surface area contributed by atoms with Crippen molar-refractivity contribution in [3.05, 3.63) is 76.2 Å². The molecule has 1 aromatic heterocycles. The summed E-state index contributed by atoms with van der Waals surface area (Å²) in [7, 11) is 1.58. The van der Waals surface area contributed by atoms with Crippen molar-refractivity contribution in [2.75, 3.05) is 6.61 Å². The van der Waals surface area contributed by atoms with Gasteiger partial charge in [-0.2, -0.15) is 0 Å². The molecule has 0 spiro atoms. The normalized spacial score (nSPS) is 10.5. The lowest BCUT2D eigenvalue weighted by Gasteiger charge is -2.09. The molecule has 0 aliphatic heterocycles. The van der Waals surface area contributed by atoms with Crippen LogP contribution in [0.2, 0.25) is 0 Å². The first-order chi connectivity index (χ1) is 12.5. The molecule has 3 rings (SSSR count). The summed E-state index contributed by atoms with van der Waals surface area (Å²) >= 11 is 0. The number of ether oxygens (including phenoxy) is 2. The van der Waals surface area contributed by atoms with E-state index in [1.807, 2.05) is 0 Å². The highest BCUT2D eigenvalue weighted by Gasteiger charge is 2.16. The molecule has 0 radical (unpaired) electrons. The summed E-state index contributed by atoms with van der Waals surface area (Å²) in [5.41, 5.74) is 0.479. The third-order valence-electron chi connectivity index (χ3n) is 3.89. The first-order valence-corrected chi connectivity index (χ1v) is 8.09. The zero-order valence-corrected chi connectivity index (χ0v) is 14.4. The Kier molecular flexibility index (Phi) is 4.84. The van der Waals surface area contributed by atoms with E-state index < -0.39 is 11.9 Å². The lowest BCUT2D eigenvalue weighted by Crippen LogP contribution is -2.20. The van der Waals surface area contributed by atoms with Crippen LogP contribution in [-0.2, 0) is 11.8 Å². The molecule has 0 saturated carbocycles. The lowest BCUT2D eigenvalue weighted by atomic mass is 10.1. The third kappa shape index (κ3) is 3.35. The van der Waals surface area contributed by atoms with Gasteiger partial charge < -0.3 is 14.0 Å². The molecule has 0 atom stereocenters. The quantitative estimate of drug-likeness (QED) is 0.534. The predicted octanol–water partition coefficient (Wildman–Crippen LogP) is 2.93. The third-order valence-corrected chi connectivity index (χ3v) is 3.89. The van der Waals surface area contributed by atoms with Crippen molar-refractivity contribution in [1.29, 1.82) is 0 Å². The van der Waals surface area contributed by atoms with Gasteiger partial charge >= 0.3 is 11.9 Å². The SMILES string of the molecule is CCOC(=O)c1ccc(OC(=O)c2cn(C)c(=O)c3ccccc23)cc1. The molecule has 132 valence electrons. The van der Waals surface area contributed by atoms with E-state index in [0.29, 0.717) is 22.1 Å². The molecule has 0 amide bonds. The topological polar surface area (TPSA) is 74.6 Å². The minimum Gasteiger partial charge on any atom is -0.462 e. The van der Waals surface area contributed by atoms with Crippen molar-refractivity contribution < 1.29 is 19.1 Å². The van der Waals surface area contributed by atoms with E-state index in [4.69, 9.17) is 9.47 Å². The Hall–Kier alpha value is -3.41. The number of aryl methyl sites for hydroxylation is 1. The van der Waals surface area contributed by atoms with Crippen molar-refractivity contribution in [2.24, 2.45) is 7.05 Å². The average molecular weight is 351 g/mol. The van der Waals surface area contributed by atoms with Gasteiger partial charge in [0.2, 0.25) is 0 Å². The van der Waals surface area contributed by atoms with E-state index >= 15 is 0 Å². The van der Waals surface area contributed by atoms with E-state index in [-0.39, 0.29) is 17.7 Å². The van der Waals surface area contributed by atoms with Crippen molar-refractivity contribution in [1.82, 2.24) is 4.57 Å². The Morgan fingerprint density at radius 2 is 1.62 bits per heavy atom. The maximum Gasteiger partial charge on any atom is 0.345 e. The first-order valence-electron chi connectivity index (χ1n) is 8.09. The van der Waals surface area contributed by atoms with Crippen LogP contribution >= 0.6 is 0 Å². The van der Waals surface area contributed by atoms with Crippen LogP contribution in [0.25, 0.3) is 10.8 Å². The predicted molar refractivity (Wildman–Crippen MR) is 96.5 cm³/mol. The highest BCUT2D eigenvalue weighted by atomic mass is 16.5. The molecular weight excluding hydrogens is 334 g/mol. The van der Waals surface area contributed by atoms with Crippen LogP contribution in [0.4, 0.5) is 0 Å². The van der Waals surface area contributed by atoms with Gasteiger partial charge in [0.05, 0.1) is 17.7 Å². The Bertz CT molecular complexity index is 1030. The number of aromatic nitrogens is 1. The Labute approximate surface area is 149 Å². The average Bonchev–Trinajstić information content (AvgIpc) is 2.65. The number of hydrogen-bond acceptors (Lipinski definition) is 5. The van der Waals surface area contributed by atoms with Gasteiger partial charge in [0.1, 0.15) is 5.75 Å². The van der Waals surface area contributed by atoms with Gasteiger partial charge in [-0.1, -0.05) is 18.2 Å². The van der Waals surface area contributed by atoms with Gasteiger partial charge in [-0.15, -0.1) is 0 Å². The number of carbonyl (C=O) groups excluding carboxylic acids is 2. The summed E-state index contributed by atoms with van der Waals surface area (Å²) < 4.78 is 11.7. The van der Waals surface area contributed by atoms with Crippen LogP contribution in [0.1, 0.15) is 27.6 Å². The van der Waals surface area contributed by atoms with Crippen LogP contribution in [0, 0.1) is 0 Å². The molecule has 1 heterocycles. The van der Waals surface area contributed by atoms with Crippen molar-refractivity contribution in [2.45, 2.75) is 6.92 Å². The molecule has 0 bridgehead atoms. The molecule has 3 aromatic rings. The molecule has 6 heteroatoms. The summed E-state index contributed by atoms with van der Waals surface area (Å²) in [5.74, 6) is -0.726. The monoisotopic (exact) mass is 351 g/mol. The minimum absolute atomic E-state index is 0.184. The Morgan fingerprint density at radius 3 is 2.27 bits per heavy atom. The summed E-state index contributed by atoms with van der Waals surface area (Å²) in [6.45, 7) is 2.01. The number of benzene rings is 2. The molecule has 0 aliphatic carbocycles. The van der Waals surface area contributed by atoms with Crippen LogP contribution in [-0.4, -0.2) is 23.1 Å². The van der Waals surface area contributed by atoms with E-state index in [9.17, 15) is 14.4 Å². The van der Waals surface area contributed by atoms with E-state index in [2.05, 4.69) is 0 Å². The largest absolute Gasteiger partial charge is 0.462 e. The molecule has 0 unspecified atom stereocenters. The second-order valence-corrected chi connectivity index (χ2v) is 5.64.